The normalized spacial score (nSPS) is 11.6. The quantitative estimate of drug-likeness (QED) is 0.0532. The largest absolute Gasteiger partial charge is 0.481 e. The first kappa shape index (κ1) is 72.2. The van der Waals surface area contributed by atoms with Gasteiger partial charge in [-0.25, -0.2) is 44.5 Å². The Balaban J connectivity index is 0.000000162. The van der Waals surface area contributed by atoms with Crippen LogP contribution in [0.25, 0.3) is 28.1 Å². The van der Waals surface area contributed by atoms with Gasteiger partial charge in [0.1, 0.15) is 52.5 Å². The number of carbonyl (C=O) groups is 3. The van der Waals surface area contributed by atoms with Crippen molar-refractivity contribution in [2.24, 2.45) is 0 Å². The number of anilines is 3. The second kappa shape index (κ2) is 33.7. The number of amides is 2. The van der Waals surface area contributed by atoms with E-state index < -0.39 is 23.4 Å². The summed E-state index contributed by atoms with van der Waals surface area (Å²) < 4.78 is 35.1. The summed E-state index contributed by atoms with van der Waals surface area (Å²) in [5.41, 5.74) is 9.90. The van der Waals surface area contributed by atoms with Crippen LogP contribution in [0.5, 0.6) is 17.6 Å². The highest BCUT2D eigenvalue weighted by Crippen LogP contribution is 2.34. The standard InChI is InChI=1S/C26H28BrN5O4.C21H19BrN4O.C18H21N3O4.C7H4BrN2/c1-26(2,3)36-25(33)32(15-16-6-9-22(34-4)29-11-16)21-8-7-17(12-28-21)23(35-5)20-14-31-24-19(20)10-18(27)13-30-24;1-27-20-7-4-14(10-24-20)2-5-18-6-3-15(11-23-18)8-16-12-25-21-19(16)9-17(22)13-26-21;1-18(2,3)25-17(23)21(15-7-5-14(12-22)10-19-15)11-13-6-8-16(24-4)20-9-13;8-6-3-5-1-2-9-7(5)10-4-6/h6-14,23H,15H2,1-5H3,(H,30,31);3-4,6-7,9-13H,2,5,8H2,1H3,(H,25,26);5-10,12H,11H2,1-4H3;1,3-4H,(H,9,10)/q;;;+1. The summed E-state index contributed by atoms with van der Waals surface area (Å²) in [5, 5.41) is 4.98. The molecule has 1 aliphatic heterocycles. The van der Waals surface area contributed by atoms with Crippen molar-refractivity contribution < 1.29 is 42.8 Å². The van der Waals surface area contributed by atoms with E-state index in [0.29, 0.717) is 41.1 Å². The molecule has 0 fully saturated rings. The number of ether oxygens (including phenoxy) is 6. The fraction of sp³-hybridized carbons (Fsp3) is 0.250. The minimum absolute atomic E-state index is 0.222. The van der Waals surface area contributed by atoms with Gasteiger partial charge in [-0.1, -0.05) is 30.3 Å². The number of fused-ring (bicyclic) bond motifs is 3. The van der Waals surface area contributed by atoms with Gasteiger partial charge in [0.15, 0.2) is 11.8 Å². The van der Waals surface area contributed by atoms with E-state index in [1.54, 1.807) is 110 Å². The molecule has 0 aromatic carbocycles. The molecule has 0 aliphatic carbocycles. The molecule has 0 bridgehead atoms. The molecule has 12 heterocycles. The highest BCUT2D eigenvalue weighted by molar-refractivity contribution is 9.11. The van der Waals surface area contributed by atoms with Gasteiger partial charge in [0.2, 0.25) is 17.6 Å². The molecule has 0 spiro atoms. The second-order valence-corrected chi connectivity index (χ2v) is 26.6. The molecule has 1 unspecified atom stereocenters. The van der Waals surface area contributed by atoms with Crippen molar-refractivity contribution in [2.45, 2.75) is 91.2 Å². The number of methoxy groups -OCH3 is 4. The summed E-state index contributed by atoms with van der Waals surface area (Å²) in [4.78, 5) is 84.7. The van der Waals surface area contributed by atoms with Crippen LogP contribution in [-0.2, 0) is 46.6 Å². The van der Waals surface area contributed by atoms with E-state index in [0.717, 1.165) is 94.1 Å². The first-order valence-corrected chi connectivity index (χ1v) is 33.0. The Morgan fingerprint density at radius 3 is 1.56 bits per heavy atom. The van der Waals surface area contributed by atoms with Gasteiger partial charge >= 0.3 is 12.2 Å². The maximum Gasteiger partial charge on any atom is 0.416 e. The lowest BCUT2D eigenvalue weighted by molar-refractivity contribution is 0.0565. The summed E-state index contributed by atoms with van der Waals surface area (Å²) in [6, 6.07) is 28.3. The SMILES string of the molecule is Brc1cnc2c(c1)C=[C+]N2.COc1ccc(CCc2ccc(Cc3c[nH]c4ncc(Br)cc34)cn2)cn1.COc1ccc(CN(C(=O)OC(C)(C)C)c2ccc(C(OC)c3c[nH]c4ncc(Br)cc34)cn2)cn1.COc1ccc(CN(C(=O)OC(C)(C)C)c2ccc(C=O)cn2)cn1. The number of nitrogens with zero attached hydrogens (tertiary/aromatic N) is 11. The van der Waals surface area contributed by atoms with E-state index in [1.165, 1.54) is 39.8 Å². The summed E-state index contributed by atoms with van der Waals surface area (Å²) >= 11 is 10.3. The van der Waals surface area contributed by atoms with Gasteiger partial charge in [0, 0.05) is 142 Å². The Bertz CT molecular complexity index is 4470. The van der Waals surface area contributed by atoms with Gasteiger partial charge in [-0.3, -0.25) is 19.6 Å². The van der Waals surface area contributed by atoms with E-state index >= 15 is 0 Å². The highest BCUT2D eigenvalue weighted by atomic mass is 79.9. The van der Waals surface area contributed by atoms with Gasteiger partial charge in [-0.05, 0) is 166 Å². The fourth-order valence-corrected chi connectivity index (χ4v) is 10.6. The third kappa shape index (κ3) is 20.5. The number of halogens is 3. The Labute approximate surface area is 592 Å². The molecule has 26 heteroatoms. The third-order valence-electron chi connectivity index (χ3n) is 14.3. The van der Waals surface area contributed by atoms with Crippen LogP contribution >= 0.6 is 47.8 Å². The van der Waals surface area contributed by atoms with Crippen molar-refractivity contribution in [3.8, 4) is 17.6 Å². The lowest BCUT2D eigenvalue weighted by atomic mass is 10.0. The first-order valence-electron chi connectivity index (χ1n) is 30.6. The molecule has 0 saturated heterocycles. The summed E-state index contributed by atoms with van der Waals surface area (Å²) in [7, 11) is 6.36. The number of H-pyrrole nitrogens is 2. The van der Waals surface area contributed by atoms with Gasteiger partial charge in [-0.15, -0.1) is 0 Å². The predicted octanol–water partition coefficient (Wildman–Crippen LogP) is 15.6. The van der Waals surface area contributed by atoms with Crippen molar-refractivity contribution in [3.05, 3.63) is 235 Å². The van der Waals surface area contributed by atoms with Gasteiger partial charge in [-0.2, -0.15) is 10.3 Å². The second-order valence-electron chi connectivity index (χ2n) is 23.9. The van der Waals surface area contributed by atoms with E-state index in [2.05, 4.69) is 132 Å². The third-order valence-corrected chi connectivity index (χ3v) is 15.6. The molecule has 2 amide bonds. The highest BCUT2D eigenvalue weighted by Gasteiger charge is 2.28. The van der Waals surface area contributed by atoms with Crippen LogP contribution in [0.2, 0.25) is 0 Å². The first-order chi connectivity index (χ1) is 47.1. The molecule has 504 valence electrons. The van der Waals surface area contributed by atoms with E-state index in [4.69, 9.17) is 28.4 Å². The number of aromatic amines is 2. The molecular weight excluding hydrogens is 1440 g/mol. The summed E-state index contributed by atoms with van der Waals surface area (Å²) in [6.07, 6.45) is 26.1. The lowest BCUT2D eigenvalue weighted by Crippen LogP contribution is -2.37. The number of carbonyl (C=O) groups excluding carboxylic acids is 3. The van der Waals surface area contributed by atoms with Crippen molar-refractivity contribution in [3.63, 3.8) is 0 Å². The van der Waals surface area contributed by atoms with Crippen LogP contribution in [0.1, 0.15) is 108 Å². The monoisotopic (exact) mass is 1510 g/mol. The maximum atomic E-state index is 13.1. The molecule has 23 nitrogen and oxygen atoms in total. The fourth-order valence-electron chi connectivity index (χ4n) is 9.63. The smallest absolute Gasteiger partial charge is 0.416 e. The molecule has 0 saturated carbocycles. The van der Waals surface area contributed by atoms with E-state index in [1.807, 2.05) is 94.1 Å². The minimum Gasteiger partial charge on any atom is -0.481 e. The molecule has 98 heavy (non-hydrogen) atoms. The van der Waals surface area contributed by atoms with Gasteiger partial charge in [0.05, 0.1) is 45.1 Å². The number of rotatable bonds is 18. The van der Waals surface area contributed by atoms with Crippen molar-refractivity contribution in [1.29, 1.82) is 0 Å². The molecule has 1 atom stereocenters. The van der Waals surface area contributed by atoms with Crippen molar-refractivity contribution in [1.82, 2.24) is 54.8 Å². The van der Waals surface area contributed by atoms with Crippen LogP contribution in [0.4, 0.5) is 27.0 Å². The van der Waals surface area contributed by atoms with Crippen molar-refractivity contribution >= 4 is 112 Å². The number of pyridine rings is 9. The molecule has 11 aromatic heterocycles. The van der Waals surface area contributed by atoms with E-state index in [9.17, 15) is 14.4 Å². The predicted molar refractivity (Wildman–Crippen MR) is 385 cm³/mol. The van der Waals surface area contributed by atoms with Crippen LogP contribution < -0.4 is 29.3 Å². The molecule has 3 N–H and O–H groups in total. The zero-order valence-electron chi connectivity index (χ0n) is 55.5. The number of aryl methyl sites for hydroxylation is 2. The zero-order chi connectivity index (χ0) is 69.9. The lowest BCUT2D eigenvalue weighted by Gasteiger charge is -2.27. The maximum absolute atomic E-state index is 13.1. The molecular formula is C72H72Br3N14O9+. The average molecular weight is 1520 g/mol. The van der Waals surface area contributed by atoms with Crippen molar-refractivity contribution in [2.75, 3.05) is 43.6 Å². The van der Waals surface area contributed by atoms with E-state index in [-0.39, 0.29) is 19.2 Å². The number of hydrogen-bond donors (Lipinski definition) is 3. The molecule has 12 rings (SSSR count). The Morgan fingerprint density at radius 1 is 0.541 bits per heavy atom. The molecule has 1 aliphatic rings. The van der Waals surface area contributed by atoms with Gasteiger partial charge < -0.3 is 38.4 Å². The van der Waals surface area contributed by atoms with Crippen LogP contribution in [0.3, 0.4) is 0 Å². The average Bonchev–Trinajstić information content (AvgIpc) is 1.60. The van der Waals surface area contributed by atoms with Crippen LogP contribution in [-0.4, -0.2) is 113 Å². The Morgan fingerprint density at radius 2 is 1.06 bits per heavy atom. The number of aromatic nitrogens is 11. The van der Waals surface area contributed by atoms with Crippen LogP contribution in [0, 0.1) is 6.20 Å². The van der Waals surface area contributed by atoms with Gasteiger partial charge in [0.25, 0.3) is 5.82 Å². The summed E-state index contributed by atoms with van der Waals surface area (Å²) in [5.74, 6) is 3.33. The summed E-state index contributed by atoms with van der Waals surface area (Å²) in [6.45, 7) is 11.3. The Kier molecular flexibility index (Phi) is 24.8. The molecule has 11 aromatic rings. The minimum atomic E-state index is -0.660. The number of aldehydes is 1. The zero-order valence-corrected chi connectivity index (χ0v) is 60.3. The van der Waals surface area contributed by atoms with Crippen LogP contribution in [0.15, 0.2) is 173 Å². The number of hydrogen-bond acceptors (Lipinski definition) is 19. The molecule has 0 radical (unpaired) electrons. The number of nitrogens with one attached hydrogen (secondary N) is 3. The topological polar surface area (TPSA) is 273 Å². The Hall–Kier alpha value is -10.1.